The summed E-state index contributed by atoms with van der Waals surface area (Å²) in [5.41, 5.74) is 6.14. The van der Waals surface area contributed by atoms with Gasteiger partial charge >= 0.3 is 0 Å². The summed E-state index contributed by atoms with van der Waals surface area (Å²) in [6.45, 7) is 4.34. The second kappa shape index (κ2) is 11.6. The Morgan fingerprint density at radius 3 is 2.67 bits per heavy atom. The van der Waals surface area contributed by atoms with Gasteiger partial charge in [0.2, 0.25) is 5.91 Å². The summed E-state index contributed by atoms with van der Waals surface area (Å²) >= 11 is 1.73. The average molecular weight is 339 g/mol. The van der Waals surface area contributed by atoms with E-state index in [1.54, 1.807) is 11.8 Å². The third-order valence-electron chi connectivity index (χ3n) is 4.25. The molecule has 1 saturated carbocycles. The zero-order valence-electron chi connectivity index (χ0n) is 13.4. The highest BCUT2D eigenvalue weighted by Crippen LogP contribution is 2.40. The van der Waals surface area contributed by atoms with Gasteiger partial charge in [0, 0.05) is 19.8 Å². The van der Waals surface area contributed by atoms with Gasteiger partial charge in [-0.25, -0.2) is 0 Å². The van der Waals surface area contributed by atoms with E-state index in [2.05, 4.69) is 5.32 Å². The Labute approximate surface area is 139 Å². The van der Waals surface area contributed by atoms with Crippen molar-refractivity contribution < 1.29 is 9.53 Å². The van der Waals surface area contributed by atoms with E-state index in [1.165, 1.54) is 25.7 Å². The first-order valence-corrected chi connectivity index (χ1v) is 9.13. The minimum Gasteiger partial charge on any atom is -0.382 e. The molecule has 4 nitrogen and oxygen atoms in total. The number of amides is 1. The molecule has 21 heavy (non-hydrogen) atoms. The summed E-state index contributed by atoms with van der Waals surface area (Å²) in [7, 11) is 0. The van der Waals surface area contributed by atoms with Crippen LogP contribution < -0.4 is 11.1 Å². The SMILES string of the molecule is CCOCCC1(CNC(=O)[C@@H](N)CCSC)CCCC1.Cl. The summed E-state index contributed by atoms with van der Waals surface area (Å²) in [6, 6.07) is -0.368. The molecule has 0 aromatic carbocycles. The standard InChI is InChI=1S/C15H30N2O2S.ClH/c1-3-19-10-9-15(7-4-5-8-15)12-17-14(18)13(16)6-11-20-2;/h13H,3-12,16H2,1-2H3,(H,17,18);1H/t13-;/m0./s1. The van der Waals surface area contributed by atoms with Crippen LogP contribution in [0.2, 0.25) is 0 Å². The number of thioether (sulfide) groups is 1. The average Bonchev–Trinajstić information content (AvgIpc) is 2.91. The molecular formula is C15H31ClN2O2S. The fourth-order valence-electron chi connectivity index (χ4n) is 2.85. The van der Waals surface area contributed by atoms with Crippen LogP contribution in [0.15, 0.2) is 0 Å². The molecule has 1 aliphatic carbocycles. The molecule has 126 valence electrons. The lowest BCUT2D eigenvalue weighted by Crippen LogP contribution is -2.45. The Bertz CT molecular complexity index is 287. The highest BCUT2D eigenvalue weighted by atomic mass is 35.5. The number of hydrogen-bond acceptors (Lipinski definition) is 4. The van der Waals surface area contributed by atoms with Crippen molar-refractivity contribution in [3.63, 3.8) is 0 Å². The third kappa shape index (κ3) is 7.73. The first-order valence-electron chi connectivity index (χ1n) is 7.73. The maximum absolute atomic E-state index is 12.0. The number of rotatable bonds is 10. The van der Waals surface area contributed by atoms with Crippen LogP contribution in [0.3, 0.4) is 0 Å². The van der Waals surface area contributed by atoms with E-state index in [0.717, 1.165) is 38.4 Å². The minimum atomic E-state index is -0.368. The van der Waals surface area contributed by atoms with Crippen molar-refractivity contribution in [2.45, 2.75) is 51.5 Å². The van der Waals surface area contributed by atoms with Gasteiger partial charge in [0.15, 0.2) is 0 Å². The van der Waals surface area contributed by atoms with Crippen molar-refractivity contribution in [3.05, 3.63) is 0 Å². The smallest absolute Gasteiger partial charge is 0.236 e. The lowest BCUT2D eigenvalue weighted by atomic mass is 9.83. The summed E-state index contributed by atoms with van der Waals surface area (Å²) in [4.78, 5) is 12.0. The predicted octanol–water partition coefficient (Wildman–Crippen LogP) is 2.59. The molecule has 1 fully saturated rings. The molecule has 1 amide bonds. The van der Waals surface area contributed by atoms with Crippen LogP contribution in [-0.4, -0.2) is 43.7 Å². The maximum Gasteiger partial charge on any atom is 0.236 e. The molecule has 0 aromatic heterocycles. The Morgan fingerprint density at radius 1 is 1.43 bits per heavy atom. The zero-order valence-corrected chi connectivity index (χ0v) is 15.0. The molecule has 0 aromatic rings. The van der Waals surface area contributed by atoms with E-state index in [1.807, 2.05) is 13.2 Å². The fraction of sp³-hybridized carbons (Fsp3) is 0.933. The van der Waals surface area contributed by atoms with Crippen molar-refractivity contribution in [1.82, 2.24) is 5.32 Å². The van der Waals surface area contributed by atoms with Crippen molar-refractivity contribution in [1.29, 1.82) is 0 Å². The van der Waals surface area contributed by atoms with Gasteiger partial charge in [0.25, 0.3) is 0 Å². The molecule has 1 rings (SSSR count). The lowest BCUT2D eigenvalue weighted by Gasteiger charge is -2.29. The summed E-state index contributed by atoms with van der Waals surface area (Å²) in [5.74, 6) is 0.936. The van der Waals surface area contributed by atoms with Crippen LogP contribution in [0, 0.1) is 5.41 Å². The first kappa shape index (κ1) is 21.0. The molecular weight excluding hydrogens is 308 g/mol. The van der Waals surface area contributed by atoms with Crippen LogP contribution in [0.5, 0.6) is 0 Å². The minimum absolute atomic E-state index is 0. The van der Waals surface area contributed by atoms with Gasteiger partial charge in [-0.2, -0.15) is 11.8 Å². The van der Waals surface area contributed by atoms with Crippen molar-refractivity contribution >= 4 is 30.1 Å². The Balaban J connectivity index is 0.00000400. The van der Waals surface area contributed by atoms with Gasteiger partial charge in [-0.1, -0.05) is 12.8 Å². The van der Waals surface area contributed by atoms with Crippen LogP contribution >= 0.6 is 24.2 Å². The molecule has 0 unspecified atom stereocenters. The fourth-order valence-corrected chi connectivity index (χ4v) is 3.34. The third-order valence-corrected chi connectivity index (χ3v) is 4.90. The van der Waals surface area contributed by atoms with Crippen molar-refractivity contribution in [3.8, 4) is 0 Å². The van der Waals surface area contributed by atoms with Gasteiger partial charge in [-0.3, -0.25) is 4.79 Å². The lowest BCUT2D eigenvalue weighted by molar-refractivity contribution is -0.123. The Kier molecular flexibility index (Phi) is 11.6. The largest absolute Gasteiger partial charge is 0.382 e. The van der Waals surface area contributed by atoms with E-state index in [0.29, 0.717) is 0 Å². The molecule has 0 heterocycles. The van der Waals surface area contributed by atoms with E-state index in [9.17, 15) is 4.79 Å². The van der Waals surface area contributed by atoms with E-state index in [4.69, 9.17) is 10.5 Å². The first-order chi connectivity index (χ1) is 9.63. The number of halogens is 1. The number of hydrogen-bond donors (Lipinski definition) is 2. The zero-order chi connectivity index (χ0) is 14.8. The molecule has 6 heteroatoms. The molecule has 0 spiro atoms. The van der Waals surface area contributed by atoms with E-state index >= 15 is 0 Å². The van der Waals surface area contributed by atoms with Gasteiger partial charge < -0.3 is 15.8 Å². The monoisotopic (exact) mass is 338 g/mol. The number of nitrogens with one attached hydrogen (secondary N) is 1. The maximum atomic E-state index is 12.0. The van der Waals surface area contributed by atoms with E-state index in [-0.39, 0.29) is 29.8 Å². The quantitative estimate of drug-likeness (QED) is 0.601. The number of carbonyl (C=O) groups is 1. The Morgan fingerprint density at radius 2 is 2.10 bits per heavy atom. The molecule has 0 bridgehead atoms. The van der Waals surface area contributed by atoms with Gasteiger partial charge in [0.1, 0.15) is 0 Å². The van der Waals surface area contributed by atoms with Crippen LogP contribution in [0.4, 0.5) is 0 Å². The molecule has 0 radical (unpaired) electrons. The summed E-state index contributed by atoms with van der Waals surface area (Å²) in [6.07, 6.45) is 8.74. The molecule has 1 aliphatic rings. The van der Waals surface area contributed by atoms with Gasteiger partial charge in [0.05, 0.1) is 6.04 Å². The number of nitrogens with two attached hydrogens (primary N) is 1. The number of carbonyl (C=O) groups excluding carboxylic acids is 1. The van der Waals surface area contributed by atoms with Gasteiger partial charge in [-0.15, -0.1) is 12.4 Å². The van der Waals surface area contributed by atoms with Crippen LogP contribution in [-0.2, 0) is 9.53 Å². The summed E-state index contributed by atoms with van der Waals surface area (Å²) in [5, 5.41) is 3.07. The van der Waals surface area contributed by atoms with Gasteiger partial charge in [-0.05, 0) is 50.0 Å². The molecule has 0 saturated heterocycles. The summed E-state index contributed by atoms with van der Waals surface area (Å²) < 4.78 is 5.49. The Hall–Kier alpha value is 0.0300. The normalized spacial score (nSPS) is 18.0. The van der Waals surface area contributed by atoms with E-state index < -0.39 is 0 Å². The van der Waals surface area contributed by atoms with Crippen LogP contribution in [0.25, 0.3) is 0 Å². The molecule has 0 aliphatic heterocycles. The topological polar surface area (TPSA) is 64.3 Å². The second-order valence-corrected chi connectivity index (χ2v) is 6.75. The number of ether oxygens (including phenoxy) is 1. The molecule has 3 N–H and O–H groups in total. The van der Waals surface area contributed by atoms with Crippen LogP contribution in [0.1, 0.15) is 45.4 Å². The predicted molar refractivity (Wildman–Crippen MR) is 93.2 cm³/mol. The second-order valence-electron chi connectivity index (χ2n) is 5.76. The van der Waals surface area contributed by atoms with Crippen molar-refractivity contribution in [2.75, 3.05) is 31.8 Å². The molecule has 1 atom stereocenters. The van der Waals surface area contributed by atoms with Crippen molar-refractivity contribution in [2.24, 2.45) is 11.1 Å². The highest BCUT2D eigenvalue weighted by molar-refractivity contribution is 7.98. The highest BCUT2D eigenvalue weighted by Gasteiger charge is 2.34.